The lowest BCUT2D eigenvalue weighted by Crippen LogP contribution is -2.09. The van der Waals surface area contributed by atoms with Crippen molar-refractivity contribution >= 4 is 17.5 Å². The molecular weight excluding hydrogens is 208 g/mol. The standard InChI is InChI=1S/C12H16O2S/c1-3-7-10(14-4-2)12(13)11-8-5-6-9-15-11/h3,7-8H,1,4-6,9H2,2H3/b10-7+. The molecule has 0 unspecified atom stereocenters. The number of ketones is 1. The Bertz CT molecular complexity index is 303. The third-order valence-electron chi connectivity index (χ3n) is 1.95. The van der Waals surface area contributed by atoms with E-state index in [0.29, 0.717) is 12.4 Å². The van der Waals surface area contributed by atoms with Crippen molar-refractivity contribution in [1.82, 2.24) is 0 Å². The van der Waals surface area contributed by atoms with Crippen molar-refractivity contribution < 1.29 is 9.53 Å². The van der Waals surface area contributed by atoms with Crippen molar-refractivity contribution in [3.05, 3.63) is 35.5 Å². The summed E-state index contributed by atoms with van der Waals surface area (Å²) >= 11 is 1.61. The quantitative estimate of drug-likeness (QED) is 0.408. The van der Waals surface area contributed by atoms with Gasteiger partial charge in [-0.2, -0.15) is 0 Å². The number of ether oxygens (including phenoxy) is 1. The summed E-state index contributed by atoms with van der Waals surface area (Å²) < 4.78 is 5.28. The van der Waals surface area contributed by atoms with E-state index in [4.69, 9.17) is 4.74 Å². The molecule has 82 valence electrons. The van der Waals surface area contributed by atoms with Gasteiger partial charge in [0.05, 0.1) is 11.5 Å². The van der Waals surface area contributed by atoms with E-state index in [9.17, 15) is 4.79 Å². The number of hydrogen-bond acceptors (Lipinski definition) is 3. The van der Waals surface area contributed by atoms with Crippen LogP contribution < -0.4 is 0 Å². The van der Waals surface area contributed by atoms with Crippen LogP contribution >= 0.6 is 11.8 Å². The lowest BCUT2D eigenvalue weighted by Gasteiger charge is -2.13. The fourth-order valence-electron chi connectivity index (χ4n) is 1.29. The Hall–Kier alpha value is -0.960. The summed E-state index contributed by atoms with van der Waals surface area (Å²) in [6.07, 6.45) is 7.34. The summed E-state index contributed by atoms with van der Waals surface area (Å²) in [6, 6.07) is 0. The minimum absolute atomic E-state index is 0.0125. The molecule has 1 aliphatic rings. The highest BCUT2D eigenvalue weighted by molar-refractivity contribution is 8.04. The SMILES string of the molecule is C=C/C=C(/OCC)C(=O)C1=CCCCS1. The van der Waals surface area contributed by atoms with Gasteiger partial charge in [-0.1, -0.05) is 18.7 Å². The fraction of sp³-hybridized carbons (Fsp3) is 0.417. The van der Waals surface area contributed by atoms with Crippen LogP contribution in [-0.2, 0) is 9.53 Å². The molecule has 0 radical (unpaired) electrons. The largest absolute Gasteiger partial charge is 0.490 e. The van der Waals surface area contributed by atoms with E-state index in [1.807, 2.05) is 13.0 Å². The lowest BCUT2D eigenvalue weighted by atomic mass is 10.2. The predicted molar refractivity (Wildman–Crippen MR) is 64.7 cm³/mol. The molecule has 0 N–H and O–H groups in total. The first-order valence-electron chi connectivity index (χ1n) is 5.12. The molecule has 0 aromatic heterocycles. The van der Waals surface area contributed by atoms with Gasteiger partial charge in [-0.15, -0.1) is 11.8 Å². The van der Waals surface area contributed by atoms with E-state index in [1.165, 1.54) is 0 Å². The maximum Gasteiger partial charge on any atom is 0.233 e. The average molecular weight is 224 g/mol. The summed E-state index contributed by atoms with van der Waals surface area (Å²) in [6.45, 7) is 5.95. The monoisotopic (exact) mass is 224 g/mol. The Morgan fingerprint density at radius 3 is 3.07 bits per heavy atom. The first-order valence-corrected chi connectivity index (χ1v) is 6.11. The normalized spacial score (nSPS) is 16.9. The highest BCUT2D eigenvalue weighted by atomic mass is 32.2. The van der Waals surface area contributed by atoms with Crippen molar-refractivity contribution in [2.75, 3.05) is 12.4 Å². The molecule has 0 atom stereocenters. The molecule has 15 heavy (non-hydrogen) atoms. The Balaban J connectivity index is 2.75. The Kier molecular flexibility index (Phi) is 5.26. The van der Waals surface area contributed by atoms with Gasteiger partial charge in [-0.25, -0.2) is 0 Å². The van der Waals surface area contributed by atoms with Gasteiger partial charge in [0, 0.05) is 0 Å². The van der Waals surface area contributed by atoms with Crippen molar-refractivity contribution in [1.29, 1.82) is 0 Å². The van der Waals surface area contributed by atoms with Crippen LogP contribution in [0.15, 0.2) is 35.5 Å². The summed E-state index contributed by atoms with van der Waals surface area (Å²) in [4.78, 5) is 12.8. The van der Waals surface area contributed by atoms with Gasteiger partial charge >= 0.3 is 0 Å². The van der Waals surface area contributed by atoms with E-state index in [0.717, 1.165) is 23.5 Å². The molecule has 0 aliphatic carbocycles. The van der Waals surface area contributed by atoms with Gasteiger partial charge in [0.2, 0.25) is 5.78 Å². The maximum atomic E-state index is 11.9. The molecule has 0 bridgehead atoms. The smallest absolute Gasteiger partial charge is 0.233 e. The highest BCUT2D eigenvalue weighted by Crippen LogP contribution is 2.27. The van der Waals surface area contributed by atoms with Gasteiger partial charge in [0.15, 0.2) is 5.76 Å². The molecule has 1 rings (SSSR count). The third-order valence-corrected chi connectivity index (χ3v) is 3.11. The average Bonchev–Trinajstić information content (AvgIpc) is 2.29. The van der Waals surface area contributed by atoms with Crippen molar-refractivity contribution in [3.8, 4) is 0 Å². The van der Waals surface area contributed by atoms with Gasteiger partial charge in [0.1, 0.15) is 0 Å². The van der Waals surface area contributed by atoms with Crippen LogP contribution in [0.2, 0.25) is 0 Å². The molecule has 3 heteroatoms. The molecule has 0 amide bonds. The minimum Gasteiger partial charge on any atom is -0.490 e. The molecule has 0 spiro atoms. The van der Waals surface area contributed by atoms with Gasteiger partial charge in [0.25, 0.3) is 0 Å². The lowest BCUT2D eigenvalue weighted by molar-refractivity contribution is -0.114. The second kappa shape index (κ2) is 6.51. The minimum atomic E-state index is -0.0125. The van der Waals surface area contributed by atoms with E-state index in [1.54, 1.807) is 23.9 Å². The van der Waals surface area contributed by atoms with Crippen LogP contribution in [0.5, 0.6) is 0 Å². The molecule has 0 aromatic rings. The van der Waals surface area contributed by atoms with E-state index >= 15 is 0 Å². The number of Topliss-reactive ketones (excluding diaryl/α,β-unsaturated/α-hetero) is 1. The fourth-order valence-corrected chi connectivity index (χ4v) is 2.29. The number of allylic oxidation sites excluding steroid dienone is 4. The maximum absolute atomic E-state index is 11.9. The van der Waals surface area contributed by atoms with Crippen molar-refractivity contribution in [2.45, 2.75) is 19.8 Å². The summed E-state index contributed by atoms with van der Waals surface area (Å²) in [5.41, 5.74) is 0. The van der Waals surface area contributed by atoms with Crippen LogP contribution in [-0.4, -0.2) is 18.1 Å². The zero-order valence-electron chi connectivity index (χ0n) is 8.99. The van der Waals surface area contributed by atoms with Gasteiger partial charge < -0.3 is 4.74 Å². The van der Waals surface area contributed by atoms with E-state index < -0.39 is 0 Å². The molecule has 0 aromatic carbocycles. The molecule has 0 fully saturated rings. The number of carbonyl (C=O) groups is 1. The molecular formula is C12H16O2S. The molecule has 1 heterocycles. The highest BCUT2D eigenvalue weighted by Gasteiger charge is 2.17. The van der Waals surface area contributed by atoms with E-state index in [2.05, 4.69) is 6.58 Å². The van der Waals surface area contributed by atoms with Crippen molar-refractivity contribution in [3.63, 3.8) is 0 Å². The van der Waals surface area contributed by atoms with Crippen LogP contribution in [0, 0.1) is 0 Å². The Labute approximate surface area is 95.1 Å². The Morgan fingerprint density at radius 1 is 1.73 bits per heavy atom. The van der Waals surface area contributed by atoms with Crippen LogP contribution in [0.4, 0.5) is 0 Å². The summed E-state index contributed by atoms with van der Waals surface area (Å²) in [7, 11) is 0. The second-order valence-corrected chi connectivity index (χ2v) is 4.22. The molecule has 1 aliphatic heterocycles. The van der Waals surface area contributed by atoms with Crippen LogP contribution in [0.3, 0.4) is 0 Å². The van der Waals surface area contributed by atoms with Crippen molar-refractivity contribution in [2.24, 2.45) is 0 Å². The van der Waals surface area contributed by atoms with Crippen LogP contribution in [0.25, 0.3) is 0 Å². The van der Waals surface area contributed by atoms with Gasteiger partial charge in [-0.05, 0) is 31.6 Å². The predicted octanol–water partition coefficient (Wildman–Crippen LogP) is 3.07. The summed E-state index contributed by atoms with van der Waals surface area (Å²) in [5, 5.41) is 0. The molecule has 2 nitrogen and oxygen atoms in total. The Morgan fingerprint density at radius 2 is 2.53 bits per heavy atom. The molecule has 0 saturated carbocycles. The number of hydrogen-bond donors (Lipinski definition) is 0. The first kappa shape index (κ1) is 12.1. The second-order valence-electron chi connectivity index (χ2n) is 3.09. The first-order chi connectivity index (χ1) is 7.29. The molecule has 0 saturated heterocycles. The number of carbonyl (C=O) groups excluding carboxylic acids is 1. The third kappa shape index (κ3) is 3.59. The zero-order chi connectivity index (χ0) is 11.1. The summed E-state index contributed by atoms with van der Waals surface area (Å²) in [5.74, 6) is 1.40. The zero-order valence-corrected chi connectivity index (χ0v) is 9.81. The topological polar surface area (TPSA) is 26.3 Å². The van der Waals surface area contributed by atoms with E-state index in [-0.39, 0.29) is 5.78 Å². The number of rotatable bonds is 5. The van der Waals surface area contributed by atoms with Crippen LogP contribution in [0.1, 0.15) is 19.8 Å². The van der Waals surface area contributed by atoms with Gasteiger partial charge in [-0.3, -0.25) is 4.79 Å². The number of thioether (sulfide) groups is 1.